The van der Waals surface area contributed by atoms with Gasteiger partial charge in [0.1, 0.15) is 0 Å². The molecule has 1 saturated carbocycles. The monoisotopic (exact) mass is 393 g/mol. The molecule has 27 heavy (non-hydrogen) atoms. The Morgan fingerprint density at radius 1 is 1.26 bits per heavy atom. The number of aromatic nitrogens is 1. The lowest BCUT2D eigenvalue weighted by molar-refractivity contribution is -0.123. The molecule has 1 amide bonds. The van der Waals surface area contributed by atoms with Gasteiger partial charge in [-0.05, 0) is 50.7 Å². The van der Waals surface area contributed by atoms with E-state index < -0.39 is 10.0 Å². The maximum absolute atomic E-state index is 12.6. The zero-order chi connectivity index (χ0) is 19.1. The summed E-state index contributed by atoms with van der Waals surface area (Å²) in [7, 11) is -3.21. The molecule has 3 heterocycles. The molecule has 4 rings (SSSR count). The van der Waals surface area contributed by atoms with Crippen molar-refractivity contribution in [3.05, 3.63) is 30.1 Å². The largest absolute Gasteiger partial charge is 0.375 e. The Labute approximate surface area is 160 Å². The Bertz CT molecular complexity index is 786. The lowest BCUT2D eigenvalue weighted by Crippen LogP contribution is -2.55. The smallest absolute Gasteiger partial charge is 0.255 e. The van der Waals surface area contributed by atoms with Gasteiger partial charge in [0.15, 0.2) is 0 Å². The maximum atomic E-state index is 12.6. The van der Waals surface area contributed by atoms with Crippen molar-refractivity contribution in [2.45, 2.75) is 56.2 Å². The third-order valence-corrected chi connectivity index (χ3v) is 7.35. The fraction of sp³-hybridized carbons (Fsp3) is 0.684. The van der Waals surface area contributed by atoms with Gasteiger partial charge in [-0.3, -0.25) is 9.78 Å². The van der Waals surface area contributed by atoms with E-state index in [1.54, 1.807) is 28.8 Å². The quantitative estimate of drug-likeness (QED) is 0.777. The topological polar surface area (TPSA) is 79.8 Å². The number of amides is 1. The number of hydrogen-bond donors (Lipinski definition) is 0. The lowest BCUT2D eigenvalue weighted by atomic mass is 9.82. The van der Waals surface area contributed by atoms with Gasteiger partial charge in [-0.2, -0.15) is 4.31 Å². The molecule has 0 radical (unpaired) electrons. The summed E-state index contributed by atoms with van der Waals surface area (Å²) in [4.78, 5) is 18.5. The normalized spacial score (nSPS) is 25.7. The van der Waals surface area contributed by atoms with Crippen LogP contribution in [0, 0.1) is 0 Å². The van der Waals surface area contributed by atoms with Gasteiger partial charge in [-0.15, -0.1) is 0 Å². The Kier molecular flexibility index (Phi) is 4.98. The lowest BCUT2D eigenvalue weighted by Gasteiger charge is -2.48. The number of piperidine rings is 1. The Morgan fingerprint density at radius 2 is 2.00 bits per heavy atom. The van der Waals surface area contributed by atoms with Gasteiger partial charge in [0.05, 0.1) is 17.4 Å². The van der Waals surface area contributed by atoms with Crippen LogP contribution in [0.3, 0.4) is 0 Å². The molecule has 1 aliphatic carbocycles. The standard InChI is InChI=1S/C19H27N3O4S/c1-27(24,25)22(16-4-5-16)17-6-12-26-19(13-17)7-10-21(11-8-19)18(23)15-3-2-9-20-14-15/h2-3,9,14,16-17H,4-8,10-13H2,1H3. The van der Waals surface area contributed by atoms with Gasteiger partial charge in [-0.25, -0.2) is 8.42 Å². The van der Waals surface area contributed by atoms with E-state index in [-0.39, 0.29) is 23.6 Å². The summed E-state index contributed by atoms with van der Waals surface area (Å²) in [6.45, 7) is 1.84. The molecule has 148 valence electrons. The summed E-state index contributed by atoms with van der Waals surface area (Å²) in [5, 5.41) is 0. The minimum atomic E-state index is -3.21. The van der Waals surface area contributed by atoms with Crippen molar-refractivity contribution in [1.82, 2.24) is 14.2 Å². The number of likely N-dealkylation sites (tertiary alicyclic amines) is 1. The second kappa shape index (κ2) is 7.14. The molecule has 0 aromatic carbocycles. The van der Waals surface area contributed by atoms with Gasteiger partial charge >= 0.3 is 0 Å². The maximum Gasteiger partial charge on any atom is 0.255 e. The number of sulfonamides is 1. The number of rotatable bonds is 4. The third-order valence-electron chi connectivity index (χ3n) is 5.99. The van der Waals surface area contributed by atoms with Crippen LogP contribution < -0.4 is 0 Å². The molecule has 2 saturated heterocycles. The number of hydrogen-bond acceptors (Lipinski definition) is 5. The SMILES string of the molecule is CS(=O)(=O)N(C1CC1)C1CCOC2(CCN(C(=O)c3cccnc3)CC2)C1. The van der Waals surface area contributed by atoms with Crippen LogP contribution >= 0.6 is 0 Å². The van der Waals surface area contributed by atoms with Crippen LogP contribution in [-0.4, -0.2) is 72.2 Å². The van der Waals surface area contributed by atoms with Crippen LogP contribution in [-0.2, 0) is 14.8 Å². The summed E-state index contributed by atoms with van der Waals surface area (Å²) in [5.41, 5.74) is 0.291. The fourth-order valence-electron chi connectivity index (χ4n) is 4.53. The van der Waals surface area contributed by atoms with Crippen LogP contribution in [0.15, 0.2) is 24.5 Å². The average Bonchev–Trinajstić information content (AvgIpc) is 3.46. The van der Waals surface area contributed by atoms with E-state index in [9.17, 15) is 13.2 Å². The molecule has 3 aliphatic rings. The summed E-state index contributed by atoms with van der Waals surface area (Å²) >= 11 is 0. The van der Waals surface area contributed by atoms with Crippen molar-refractivity contribution in [1.29, 1.82) is 0 Å². The molecule has 3 fully saturated rings. The zero-order valence-electron chi connectivity index (χ0n) is 15.7. The first-order valence-electron chi connectivity index (χ1n) is 9.70. The molecule has 1 aromatic rings. The molecule has 1 unspecified atom stereocenters. The van der Waals surface area contributed by atoms with Gasteiger partial charge < -0.3 is 9.64 Å². The molecular weight excluding hydrogens is 366 g/mol. The predicted molar refractivity (Wildman–Crippen MR) is 101 cm³/mol. The van der Waals surface area contributed by atoms with Crippen LogP contribution in [0.1, 0.15) is 48.9 Å². The Hall–Kier alpha value is -1.51. The van der Waals surface area contributed by atoms with E-state index in [2.05, 4.69) is 4.98 Å². The molecule has 7 nitrogen and oxygen atoms in total. The van der Waals surface area contributed by atoms with Crippen molar-refractivity contribution in [2.75, 3.05) is 26.0 Å². The van der Waals surface area contributed by atoms with E-state index in [1.165, 1.54) is 6.26 Å². The zero-order valence-corrected chi connectivity index (χ0v) is 16.5. The van der Waals surface area contributed by atoms with Gasteiger partial charge in [0, 0.05) is 44.2 Å². The Morgan fingerprint density at radius 3 is 2.59 bits per heavy atom. The fourth-order valence-corrected chi connectivity index (χ4v) is 6.00. The van der Waals surface area contributed by atoms with Gasteiger partial charge in [0.25, 0.3) is 5.91 Å². The van der Waals surface area contributed by atoms with Crippen molar-refractivity contribution in [3.8, 4) is 0 Å². The summed E-state index contributed by atoms with van der Waals surface area (Å²) in [6, 6.07) is 3.74. The van der Waals surface area contributed by atoms with Gasteiger partial charge in [0.2, 0.25) is 10.0 Å². The first-order valence-corrected chi connectivity index (χ1v) is 11.5. The number of pyridine rings is 1. The number of ether oxygens (including phenoxy) is 1. The highest BCUT2D eigenvalue weighted by molar-refractivity contribution is 7.88. The van der Waals surface area contributed by atoms with Crippen LogP contribution in [0.4, 0.5) is 0 Å². The van der Waals surface area contributed by atoms with Crippen LogP contribution in [0.25, 0.3) is 0 Å². The van der Waals surface area contributed by atoms with E-state index in [4.69, 9.17) is 4.74 Å². The minimum absolute atomic E-state index is 0.000974. The van der Waals surface area contributed by atoms with E-state index in [0.717, 1.165) is 38.5 Å². The Balaban J connectivity index is 1.42. The molecule has 1 atom stereocenters. The molecular formula is C19H27N3O4S. The minimum Gasteiger partial charge on any atom is -0.375 e. The highest BCUT2D eigenvalue weighted by atomic mass is 32.2. The first kappa shape index (κ1) is 18.8. The molecule has 1 spiro atoms. The number of nitrogens with zero attached hydrogens (tertiary/aromatic N) is 3. The third kappa shape index (κ3) is 4.02. The number of carbonyl (C=O) groups is 1. The van der Waals surface area contributed by atoms with E-state index in [0.29, 0.717) is 25.3 Å². The van der Waals surface area contributed by atoms with E-state index >= 15 is 0 Å². The van der Waals surface area contributed by atoms with Crippen molar-refractivity contribution in [3.63, 3.8) is 0 Å². The molecule has 1 aromatic heterocycles. The van der Waals surface area contributed by atoms with Gasteiger partial charge in [-0.1, -0.05) is 0 Å². The van der Waals surface area contributed by atoms with Crippen LogP contribution in [0.2, 0.25) is 0 Å². The predicted octanol–water partition coefficient (Wildman–Crippen LogP) is 1.66. The summed E-state index contributed by atoms with van der Waals surface area (Å²) in [5.74, 6) is 0.000974. The second-order valence-corrected chi connectivity index (χ2v) is 9.92. The second-order valence-electron chi connectivity index (χ2n) is 8.04. The van der Waals surface area contributed by atoms with Crippen molar-refractivity contribution >= 4 is 15.9 Å². The highest BCUT2D eigenvalue weighted by Crippen LogP contribution is 2.41. The molecule has 0 N–H and O–H groups in total. The summed E-state index contributed by atoms with van der Waals surface area (Å²) < 4.78 is 32.5. The number of carbonyl (C=O) groups excluding carboxylic acids is 1. The van der Waals surface area contributed by atoms with Crippen molar-refractivity contribution < 1.29 is 17.9 Å². The first-order chi connectivity index (χ1) is 12.9. The van der Waals surface area contributed by atoms with Crippen molar-refractivity contribution in [2.24, 2.45) is 0 Å². The molecule has 0 bridgehead atoms. The average molecular weight is 394 g/mol. The molecule has 8 heteroatoms. The van der Waals surface area contributed by atoms with Crippen LogP contribution in [0.5, 0.6) is 0 Å². The van der Waals surface area contributed by atoms with E-state index in [1.807, 2.05) is 4.90 Å². The molecule has 2 aliphatic heterocycles. The summed E-state index contributed by atoms with van der Waals surface area (Å²) in [6.07, 6.45) is 9.48. The highest BCUT2D eigenvalue weighted by Gasteiger charge is 2.47.